The number of nitrogens with one attached hydrogen (secondary N) is 3. The van der Waals surface area contributed by atoms with Gasteiger partial charge in [-0.15, -0.1) is 0 Å². The molecular formula is C16H25N3O3. The summed E-state index contributed by atoms with van der Waals surface area (Å²) in [5, 5.41) is 8.19. The topological polar surface area (TPSA) is 87.3 Å². The lowest BCUT2D eigenvalue weighted by molar-refractivity contribution is -0.118. The van der Waals surface area contributed by atoms with Gasteiger partial charge in [-0.2, -0.15) is 0 Å². The molecule has 3 amide bonds. The Labute approximate surface area is 131 Å². The quantitative estimate of drug-likeness (QED) is 0.519. The average molecular weight is 307 g/mol. The molecule has 0 aromatic rings. The number of amides is 3. The summed E-state index contributed by atoms with van der Waals surface area (Å²) in [6, 6.07) is 0. The van der Waals surface area contributed by atoms with Crippen molar-refractivity contribution < 1.29 is 14.4 Å². The predicted octanol–water partition coefficient (Wildman–Crippen LogP) is 0.680. The van der Waals surface area contributed by atoms with Crippen LogP contribution in [0.25, 0.3) is 0 Å². The van der Waals surface area contributed by atoms with Crippen molar-refractivity contribution in [3.63, 3.8) is 0 Å². The molecule has 0 atom stereocenters. The molecule has 0 spiro atoms. The normalized spacial score (nSPS) is 10.3. The van der Waals surface area contributed by atoms with Gasteiger partial charge in [-0.05, 0) is 25.5 Å². The Morgan fingerprint density at radius 2 is 1.36 bits per heavy atom. The fourth-order valence-corrected chi connectivity index (χ4v) is 1.67. The summed E-state index contributed by atoms with van der Waals surface area (Å²) in [7, 11) is 0. The first-order chi connectivity index (χ1) is 10.3. The number of hydrogen-bond donors (Lipinski definition) is 3. The molecule has 0 aliphatic rings. The summed E-state index contributed by atoms with van der Waals surface area (Å²) >= 11 is 0. The van der Waals surface area contributed by atoms with E-state index in [2.05, 4.69) is 35.7 Å². The molecule has 0 heterocycles. The number of rotatable bonds is 10. The lowest BCUT2D eigenvalue weighted by Crippen LogP contribution is -2.51. The Kier molecular flexibility index (Phi) is 8.52. The Balaban J connectivity index is 4.95. The lowest BCUT2D eigenvalue weighted by atomic mass is 9.84. The summed E-state index contributed by atoms with van der Waals surface area (Å²) < 4.78 is 0. The van der Waals surface area contributed by atoms with Crippen LogP contribution in [-0.2, 0) is 14.4 Å². The van der Waals surface area contributed by atoms with E-state index in [1.54, 1.807) is 6.92 Å². The van der Waals surface area contributed by atoms with Gasteiger partial charge in [-0.25, -0.2) is 0 Å². The van der Waals surface area contributed by atoms with Gasteiger partial charge in [0.05, 0.1) is 0 Å². The van der Waals surface area contributed by atoms with E-state index in [1.165, 1.54) is 12.2 Å². The standard InChI is InChI=1S/C16H25N3O3/c1-6-13(20)17-9-16(8-3,10-18-14(21)7-2)11-19-15(22)12(4)5/h6-7H,1-2,4,8-11H2,3,5H3,(H,17,20)(H,18,21)(H,19,22). The van der Waals surface area contributed by atoms with Crippen LogP contribution in [0, 0.1) is 5.41 Å². The van der Waals surface area contributed by atoms with Gasteiger partial charge in [-0.1, -0.05) is 26.7 Å². The highest BCUT2D eigenvalue weighted by Gasteiger charge is 2.29. The summed E-state index contributed by atoms with van der Waals surface area (Å²) in [4.78, 5) is 34.4. The minimum Gasteiger partial charge on any atom is -0.352 e. The first kappa shape index (κ1) is 19.6. The monoisotopic (exact) mass is 307 g/mol. The maximum atomic E-state index is 11.7. The lowest BCUT2D eigenvalue weighted by Gasteiger charge is -2.33. The van der Waals surface area contributed by atoms with E-state index in [4.69, 9.17) is 0 Å². The Morgan fingerprint density at radius 3 is 1.68 bits per heavy atom. The molecule has 0 bridgehead atoms. The predicted molar refractivity (Wildman–Crippen MR) is 87.0 cm³/mol. The van der Waals surface area contributed by atoms with Gasteiger partial charge in [0.15, 0.2) is 0 Å². The molecule has 3 N–H and O–H groups in total. The zero-order chi connectivity index (χ0) is 17.2. The van der Waals surface area contributed by atoms with Crippen LogP contribution in [0.2, 0.25) is 0 Å². The number of hydrogen-bond acceptors (Lipinski definition) is 3. The maximum absolute atomic E-state index is 11.7. The third-order valence-electron chi connectivity index (χ3n) is 3.41. The van der Waals surface area contributed by atoms with Gasteiger partial charge in [-0.3, -0.25) is 14.4 Å². The van der Waals surface area contributed by atoms with Crippen molar-refractivity contribution in [2.45, 2.75) is 20.3 Å². The SMILES string of the molecule is C=CC(=O)NCC(CC)(CNC(=O)C=C)CNC(=O)C(=C)C. The molecule has 0 saturated carbocycles. The number of carbonyl (C=O) groups excluding carboxylic acids is 3. The molecule has 0 aromatic heterocycles. The minimum absolute atomic E-state index is 0.261. The van der Waals surface area contributed by atoms with Crippen molar-refractivity contribution in [2.24, 2.45) is 5.41 Å². The third-order valence-corrected chi connectivity index (χ3v) is 3.41. The van der Waals surface area contributed by atoms with Crippen molar-refractivity contribution in [2.75, 3.05) is 19.6 Å². The van der Waals surface area contributed by atoms with Gasteiger partial charge >= 0.3 is 0 Å². The van der Waals surface area contributed by atoms with Crippen molar-refractivity contribution >= 4 is 17.7 Å². The third kappa shape index (κ3) is 6.88. The van der Waals surface area contributed by atoms with E-state index in [-0.39, 0.29) is 17.7 Å². The molecule has 6 nitrogen and oxygen atoms in total. The summed E-state index contributed by atoms with van der Waals surface area (Å²) in [6.45, 7) is 14.8. The van der Waals surface area contributed by atoms with Crippen LogP contribution >= 0.6 is 0 Å². The molecule has 0 aliphatic heterocycles. The van der Waals surface area contributed by atoms with Crippen molar-refractivity contribution in [1.29, 1.82) is 0 Å². The molecule has 6 heteroatoms. The van der Waals surface area contributed by atoms with Gasteiger partial charge in [0.1, 0.15) is 0 Å². The molecular weight excluding hydrogens is 282 g/mol. The maximum Gasteiger partial charge on any atom is 0.246 e. The van der Waals surface area contributed by atoms with Gasteiger partial charge in [0.2, 0.25) is 17.7 Å². The second-order valence-corrected chi connectivity index (χ2v) is 5.16. The van der Waals surface area contributed by atoms with Crippen LogP contribution < -0.4 is 16.0 Å². The molecule has 0 fully saturated rings. The zero-order valence-corrected chi connectivity index (χ0v) is 13.3. The van der Waals surface area contributed by atoms with Crippen LogP contribution in [0.15, 0.2) is 37.5 Å². The van der Waals surface area contributed by atoms with Crippen LogP contribution in [0.5, 0.6) is 0 Å². The molecule has 0 radical (unpaired) electrons. The van der Waals surface area contributed by atoms with E-state index < -0.39 is 5.41 Å². The summed E-state index contributed by atoms with van der Waals surface area (Å²) in [5.74, 6) is -0.874. The molecule has 122 valence electrons. The molecule has 22 heavy (non-hydrogen) atoms. The highest BCUT2D eigenvalue weighted by atomic mass is 16.2. The van der Waals surface area contributed by atoms with E-state index in [0.29, 0.717) is 31.6 Å². The summed E-state index contributed by atoms with van der Waals surface area (Å²) in [5.41, 5.74) is -0.113. The smallest absolute Gasteiger partial charge is 0.246 e. The first-order valence-corrected chi connectivity index (χ1v) is 7.04. The fraction of sp³-hybridized carbons (Fsp3) is 0.438. The van der Waals surface area contributed by atoms with Gasteiger partial charge in [0, 0.05) is 30.6 Å². The van der Waals surface area contributed by atoms with Crippen molar-refractivity contribution in [3.05, 3.63) is 37.5 Å². The Morgan fingerprint density at radius 1 is 0.955 bits per heavy atom. The van der Waals surface area contributed by atoms with E-state index in [1.807, 2.05) is 6.92 Å². The Bertz CT molecular complexity index is 445. The second kappa shape index (κ2) is 9.55. The highest BCUT2D eigenvalue weighted by molar-refractivity contribution is 5.92. The van der Waals surface area contributed by atoms with Crippen LogP contribution in [0.4, 0.5) is 0 Å². The molecule has 0 unspecified atom stereocenters. The van der Waals surface area contributed by atoms with Gasteiger partial charge < -0.3 is 16.0 Å². The minimum atomic E-state index is -0.511. The molecule has 0 rings (SSSR count). The van der Waals surface area contributed by atoms with Crippen molar-refractivity contribution in [1.82, 2.24) is 16.0 Å². The number of carbonyl (C=O) groups is 3. The van der Waals surface area contributed by atoms with E-state index >= 15 is 0 Å². The zero-order valence-electron chi connectivity index (χ0n) is 13.3. The summed E-state index contributed by atoms with van der Waals surface area (Å²) in [6.07, 6.45) is 2.99. The molecule has 0 aromatic carbocycles. The van der Waals surface area contributed by atoms with Crippen LogP contribution in [0.3, 0.4) is 0 Å². The Hall–Kier alpha value is -2.37. The largest absolute Gasteiger partial charge is 0.352 e. The van der Waals surface area contributed by atoms with Gasteiger partial charge in [0.25, 0.3) is 0 Å². The van der Waals surface area contributed by atoms with E-state index in [9.17, 15) is 14.4 Å². The molecule has 0 saturated heterocycles. The van der Waals surface area contributed by atoms with E-state index in [0.717, 1.165) is 0 Å². The highest BCUT2D eigenvalue weighted by Crippen LogP contribution is 2.19. The van der Waals surface area contributed by atoms with Crippen LogP contribution in [0.1, 0.15) is 20.3 Å². The average Bonchev–Trinajstić information content (AvgIpc) is 2.53. The fourth-order valence-electron chi connectivity index (χ4n) is 1.67. The van der Waals surface area contributed by atoms with Crippen molar-refractivity contribution in [3.8, 4) is 0 Å². The van der Waals surface area contributed by atoms with Crippen LogP contribution in [-0.4, -0.2) is 37.4 Å². The molecule has 0 aliphatic carbocycles. The second-order valence-electron chi connectivity index (χ2n) is 5.16. The first-order valence-electron chi connectivity index (χ1n) is 7.04.